The number of likely N-dealkylation sites (tertiary alicyclic amines) is 1. The minimum atomic E-state index is -0.337. The second kappa shape index (κ2) is 6.54. The van der Waals surface area contributed by atoms with Crippen molar-refractivity contribution in [2.75, 3.05) is 13.1 Å². The lowest BCUT2D eigenvalue weighted by Gasteiger charge is -2.39. The first-order chi connectivity index (χ1) is 10.2. The lowest BCUT2D eigenvalue weighted by atomic mass is 9.94. The molecule has 1 aromatic rings. The molecule has 0 spiro atoms. The molecule has 2 heterocycles. The van der Waals surface area contributed by atoms with Crippen molar-refractivity contribution in [3.8, 4) is 0 Å². The molecule has 0 bridgehead atoms. The van der Waals surface area contributed by atoms with Gasteiger partial charge in [-0.1, -0.05) is 18.6 Å². The van der Waals surface area contributed by atoms with Crippen LogP contribution in [0.3, 0.4) is 0 Å². The normalized spacial score (nSPS) is 26.9. The minimum absolute atomic E-state index is 0.173. The minimum Gasteiger partial charge on any atom is -0.312 e. The van der Waals surface area contributed by atoms with Crippen molar-refractivity contribution in [2.45, 2.75) is 50.7 Å². The van der Waals surface area contributed by atoms with E-state index >= 15 is 0 Å². The molecule has 0 aliphatic carbocycles. The zero-order chi connectivity index (χ0) is 14.7. The zero-order valence-corrected chi connectivity index (χ0v) is 12.3. The number of nitro groups is 1. The number of nitrogens with zero attached hydrogens (tertiary/aromatic N) is 2. The monoisotopic (exact) mass is 289 g/mol. The Morgan fingerprint density at radius 2 is 2.00 bits per heavy atom. The maximum Gasteiger partial charge on any atom is 0.269 e. The van der Waals surface area contributed by atoms with Crippen molar-refractivity contribution in [2.24, 2.45) is 0 Å². The largest absolute Gasteiger partial charge is 0.312 e. The zero-order valence-electron chi connectivity index (χ0n) is 12.3. The molecule has 114 valence electrons. The van der Waals surface area contributed by atoms with E-state index in [9.17, 15) is 10.1 Å². The highest BCUT2D eigenvalue weighted by atomic mass is 16.6. The second-order valence-electron chi connectivity index (χ2n) is 6.16. The molecule has 1 N–H and O–H groups in total. The van der Waals surface area contributed by atoms with E-state index in [0.29, 0.717) is 12.1 Å². The van der Waals surface area contributed by atoms with Gasteiger partial charge in [-0.25, -0.2) is 0 Å². The van der Waals surface area contributed by atoms with Crippen LogP contribution in [-0.2, 0) is 6.54 Å². The Bertz CT molecular complexity index is 483. The number of hydrogen-bond acceptors (Lipinski definition) is 4. The predicted molar refractivity (Wildman–Crippen MR) is 82.2 cm³/mol. The summed E-state index contributed by atoms with van der Waals surface area (Å²) in [5.74, 6) is 0. The lowest BCUT2D eigenvalue weighted by Crippen LogP contribution is -2.49. The van der Waals surface area contributed by atoms with Gasteiger partial charge in [0.25, 0.3) is 5.69 Å². The molecular weight excluding hydrogens is 266 g/mol. The fourth-order valence-corrected chi connectivity index (χ4v) is 3.67. The first-order valence-electron chi connectivity index (χ1n) is 7.95. The molecule has 2 saturated heterocycles. The van der Waals surface area contributed by atoms with E-state index in [0.717, 1.165) is 19.6 Å². The van der Waals surface area contributed by atoms with Crippen molar-refractivity contribution < 1.29 is 4.92 Å². The standard InChI is InChI=1S/C16H23N3O2/c20-19(21)14-8-6-13(7-9-14)12-18-11-2-1-5-16(18)15-4-3-10-17-15/h6-9,15-17H,1-5,10-12H2. The van der Waals surface area contributed by atoms with Crippen LogP contribution in [0.25, 0.3) is 0 Å². The maximum absolute atomic E-state index is 10.7. The van der Waals surface area contributed by atoms with Crippen molar-refractivity contribution in [3.63, 3.8) is 0 Å². The van der Waals surface area contributed by atoms with E-state index < -0.39 is 0 Å². The summed E-state index contributed by atoms with van der Waals surface area (Å²) in [7, 11) is 0. The Morgan fingerprint density at radius 1 is 1.19 bits per heavy atom. The van der Waals surface area contributed by atoms with Gasteiger partial charge in [-0.15, -0.1) is 0 Å². The number of nitrogens with one attached hydrogen (secondary N) is 1. The Balaban J connectivity index is 1.67. The molecule has 3 rings (SSSR count). The van der Waals surface area contributed by atoms with Gasteiger partial charge in [0, 0.05) is 30.8 Å². The van der Waals surface area contributed by atoms with Gasteiger partial charge in [0.15, 0.2) is 0 Å². The molecule has 2 aliphatic heterocycles. The van der Waals surface area contributed by atoms with Gasteiger partial charge in [0.05, 0.1) is 4.92 Å². The van der Waals surface area contributed by atoms with E-state index in [2.05, 4.69) is 10.2 Å². The van der Waals surface area contributed by atoms with Gasteiger partial charge >= 0.3 is 0 Å². The number of nitro benzene ring substituents is 1. The topological polar surface area (TPSA) is 58.4 Å². The third-order valence-electron chi connectivity index (χ3n) is 4.76. The van der Waals surface area contributed by atoms with Crippen LogP contribution in [0.1, 0.15) is 37.7 Å². The van der Waals surface area contributed by atoms with Crippen LogP contribution in [0, 0.1) is 10.1 Å². The fraction of sp³-hybridized carbons (Fsp3) is 0.625. The van der Waals surface area contributed by atoms with Crippen LogP contribution in [0.4, 0.5) is 5.69 Å². The number of piperidine rings is 1. The van der Waals surface area contributed by atoms with E-state index in [4.69, 9.17) is 0 Å². The first kappa shape index (κ1) is 14.5. The van der Waals surface area contributed by atoms with Crippen LogP contribution < -0.4 is 5.32 Å². The Labute approximate surface area is 125 Å². The summed E-state index contributed by atoms with van der Waals surface area (Å²) in [6.07, 6.45) is 6.41. The molecule has 0 amide bonds. The SMILES string of the molecule is O=[N+]([O-])c1ccc(CN2CCCCC2C2CCCN2)cc1. The summed E-state index contributed by atoms with van der Waals surface area (Å²) in [4.78, 5) is 12.9. The van der Waals surface area contributed by atoms with Crippen molar-refractivity contribution in [1.82, 2.24) is 10.2 Å². The second-order valence-corrected chi connectivity index (χ2v) is 6.16. The first-order valence-corrected chi connectivity index (χ1v) is 7.95. The van der Waals surface area contributed by atoms with Crippen LogP contribution >= 0.6 is 0 Å². The van der Waals surface area contributed by atoms with Crippen LogP contribution in [0.2, 0.25) is 0 Å². The molecule has 0 radical (unpaired) electrons. The molecule has 21 heavy (non-hydrogen) atoms. The number of non-ortho nitro benzene ring substituents is 1. The number of hydrogen-bond donors (Lipinski definition) is 1. The molecule has 0 aromatic heterocycles. The van der Waals surface area contributed by atoms with Gasteiger partial charge in [-0.05, 0) is 44.3 Å². The molecule has 1 aromatic carbocycles. The van der Waals surface area contributed by atoms with Crippen LogP contribution in [0.5, 0.6) is 0 Å². The number of rotatable bonds is 4. The number of benzene rings is 1. The molecular formula is C16H23N3O2. The highest BCUT2D eigenvalue weighted by Crippen LogP contribution is 2.26. The fourth-order valence-electron chi connectivity index (χ4n) is 3.67. The quantitative estimate of drug-likeness (QED) is 0.684. The van der Waals surface area contributed by atoms with Crippen molar-refractivity contribution in [1.29, 1.82) is 0 Å². The van der Waals surface area contributed by atoms with Gasteiger partial charge in [0.1, 0.15) is 0 Å². The average Bonchev–Trinajstić information content (AvgIpc) is 3.02. The molecule has 2 fully saturated rings. The average molecular weight is 289 g/mol. The molecule has 0 saturated carbocycles. The Morgan fingerprint density at radius 3 is 2.67 bits per heavy atom. The summed E-state index contributed by atoms with van der Waals surface area (Å²) in [6, 6.07) is 8.27. The molecule has 2 atom stereocenters. The third-order valence-corrected chi connectivity index (χ3v) is 4.76. The van der Waals surface area contributed by atoms with Crippen LogP contribution in [0.15, 0.2) is 24.3 Å². The lowest BCUT2D eigenvalue weighted by molar-refractivity contribution is -0.384. The summed E-state index contributed by atoms with van der Waals surface area (Å²) in [6.45, 7) is 3.19. The Hall–Kier alpha value is -1.46. The van der Waals surface area contributed by atoms with Crippen molar-refractivity contribution in [3.05, 3.63) is 39.9 Å². The molecule has 2 unspecified atom stereocenters. The van der Waals surface area contributed by atoms with Gasteiger partial charge in [0.2, 0.25) is 0 Å². The van der Waals surface area contributed by atoms with E-state index in [-0.39, 0.29) is 10.6 Å². The summed E-state index contributed by atoms with van der Waals surface area (Å²) >= 11 is 0. The summed E-state index contributed by atoms with van der Waals surface area (Å²) < 4.78 is 0. The van der Waals surface area contributed by atoms with E-state index in [1.807, 2.05) is 12.1 Å². The smallest absolute Gasteiger partial charge is 0.269 e. The Kier molecular flexibility index (Phi) is 4.51. The van der Waals surface area contributed by atoms with Crippen molar-refractivity contribution >= 4 is 5.69 Å². The van der Waals surface area contributed by atoms with Gasteiger partial charge < -0.3 is 5.32 Å². The van der Waals surface area contributed by atoms with Crippen LogP contribution in [-0.4, -0.2) is 35.0 Å². The maximum atomic E-state index is 10.7. The summed E-state index contributed by atoms with van der Waals surface area (Å²) in [5.41, 5.74) is 1.34. The summed E-state index contributed by atoms with van der Waals surface area (Å²) in [5, 5.41) is 14.4. The molecule has 5 nitrogen and oxygen atoms in total. The highest BCUT2D eigenvalue weighted by molar-refractivity contribution is 5.32. The van der Waals surface area contributed by atoms with E-state index in [1.165, 1.54) is 37.7 Å². The third kappa shape index (κ3) is 3.41. The predicted octanol–water partition coefficient (Wildman–Crippen LogP) is 2.70. The molecule has 5 heteroatoms. The van der Waals surface area contributed by atoms with E-state index in [1.54, 1.807) is 12.1 Å². The van der Waals surface area contributed by atoms with Gasteiger partial charge in [-0.2, -0.15) is 0 Å². The van der Waals surface area contributed by atoms with Gasteiger partial charge in [-0.3, -0.25) is 15.0 Å². The highest BCUT2D eigenvalue weighted by Gasteiger charge is 2.31. The molecule has 2 aliphatic rings.